The fourth-order valence-corrected chi connectivity index (χ4v) is 3.93. The third kappa shape index (κ3) is 3.82. The number of hydrogen-bond donors (Lipinski definition) is 1. The Kier molecular flexibility index (Phi) is 5.09. The molecule has 5 rings (SSSR count). The van der Waals surface area contributed by atoms with Crippen LogP contribution in [0.25, 0.3) is 5.57 Å². The van der Waals surface area contributed by atoms with Crippen LogP contribution < -0.4 is 14.8 Å². The number of nitrogens with zero attached hydrogens (tertiary/aromatic N) is 1. The third-order valence-corrected chi connectivity index (χ3v) is 5.84. The van der Waals surface area contributed by atoms with Crippen molar-refractivity contribution in [3.8, 4) is 11.5 Å². The summed E-state index contributed by atoms with van der Waals surface area (Å²) in [6.45, 7) is 4.13. The number of halogens is 1. The molecule has 2 heterocycles. The number of carbonyl (C=O) groups excluding carboxylic acids is 2. The number of nitrogens with one attached hydrogen (secondary N) is 1. The van der Waals surface area contributed by atoms with Gasteiger partial charge in [-0.1, -0.05) is 30.3 Å². The third-order valence-electron chi connectivity index (χ3n) is 5.84. The van der Waals surface area contributed by atoms with Gasteiger partial charge in [0.1, 0.15) is 11.5 Å². The fourth-order valence-electron chi connectivity index (χ4n) is 3.93. The highest BCUT2D eigenvalue weighted by Crippen LogP contribution is 2.35. The van der Waals surface area contributed by atoms with Crippen molar-refractivity contribution in [3.63, 3.8) is 0 Å². The lowest BCUT2D eigenvalue weighted by atomic mass is 9.99. The largest absolute Gasteiger partial charge is 0.454 e. The fraction of sp³-hybridized carbons (Fsp3) is 0.154. The van der Waals surface area contributed by atoms with Crippen LogP contribution in [-0.2, 0) is 16.1 Å². The Morgan fingerprint density at radius 3 is 2.52 bits per heavy atom. The quantitative estimate of drug-likeness (QED) is 0.585. The number of anilines is 1. The lowest BCUT2D eigenvalue weighted by molar-refractivity contribution is -0.137. The highest BCUT2D eigenvalue weighted by atomic mass is 19.1. The van der Waals surface area contributed by atoms with E-state index in [0.717, 1.165) is 16.7 Å². The first-order valence-corrected chi connectivity index (χ1v) is 10.5. The van der Waals surface area contributed by atoms with Gasteiger partial charge in [0.25, 0.3) is 11.8 Å². The standard InChI is InChI=1S/C26H21FN2O4/c1-15-6-8-18(10-16(15)2)23-24(28-20-5-3-4-19(27)12-20)26(31)29(25(23)30)13-17-7-9-21-22(11-17)33-14-32-21/h3-12,28H,13-14H2,1-2H3. The highest BCUT2D eigenvalue weighted by Gasteiger charge is 2.39. The second-order valence-corrected chi connectivity index (χ2v) is 8.07. The van der Waals surface area contributed by atoms with Gasteiger partial charge in [0.05, 0.1) is 12.1 Å². The van der Waals surface area contributed by atoms with E-state index in [4.69, 9.17) is 9.47 Å². The van der Waals surface area contributed by atoms with Crippen molar-refractivity contribution in [2.24, 2.45) is 0 Å². The van der Waals surface area contributed by atoms with Crippen molar-refractivity contribution < 1.29 is 23.5 Å². The summed E-state index contributed by atoms with van der Waals surface area (Å²) in [5, 5.41) is 2.98. The Labute approximate surface area is 190 Å². The zero-order valence-corrected chi connectivity index (χ0v) is 18.1. The topological polar surface area (TPSA) is 67.9 Å². The molecule has 0 spiro atoms. The van der Waals surface area contributed by atoms with Crippen LogP contribution in [0.2, 0.25) is 0 Å². The molecular formula is C26H21FN2O4. The average Bonchev–Trinajstić information content (AvgIpc) is 3.34. The number of benzene rings is 3. The predicted octanol–water partition coefficient (Wildman–Crippen LogP) is 4.56. The van der Waals surface area contributed by atoms with Crippen molar-refractivity contribution in [3.05, 3.63) is 94.4 Å². The summed E-state index contributed by atoms with van der Waals surface area (Å²) in [5.74, 6) is -0.135. The van der Waals surface area contributed by atoms with E-state index >= 15 is 0 Å². The zero-order valence-electron chi connectivity index (χ0n) is 18.1. The van der Waals surface area contributed by atoms with Gasteiger partial charge >= 0.3 is 0 Å². The van der Waals surface area contributed by atoms with Gasteiger partial charge in [-0.3, -0.25) is 14.5 Å². The predicted molar refractivity (Wildman–Crippen MR) is 121 cm³/mol. The summed E-state index contributed by atoms with van der Waals surface area (Å²) in [4.78, 5) is 28.1. The van der Waals surface area contributed by atoms with Crippen molar-refractivity contribution in [1.82, 2.24) is 4.90 Å². The lowest BCUT2D eigenvalue weighted by Crippen LogP contribution is -2.32. The first kappa shape index (κ1) is 20.8. The molecule has 0 aliphatic carbocycles. The van der Waals surface area contributed by atoms with E-state index in [1.807, 2.05) is 32.0 Å². The molecule has 0 unspecified atom stereocenters. The first-order chi connectivity index (χ1) is 15.9. The van der Waals surface area contributed by atoms with Gasteiger partial charge in [0, 0.05) is 5.69 Å². The SMILES string of the molecule is Cc1ccc(C2=C(Nc3cccc(F)c3)C(=O)N(Cc3ccc4c(c3)OCO4)C2=O)cc1C. The minimum atomic E-state index is -0.477. The Morgan fingerprint density at radius 1 is 0.909 bits per heavy atom. The molecule has 166 valence electrons. The highest BCUT2D eigenvalue weighted by molar-refractivity contribution is 6.36. The van der Waals surface area contributed by atoms with Crippen molar-refractivity contribution in [2.45, 2.75) is 20.4 Å². The molecule has 0 fully saturated rings. The van der Waals surface area contributed by atoms with Crippen LogP contribution in [-0.4, -0.2) is 23.5 Å². The van der Waals surface area contributed by atoms with Gasteiger partial charge in [-0.25, -0.2) is 4.39 Å². The maximum atomic E-state index is 13.8. The van der Waals surface area contributed by atoms with Crippen molar-refractivity contribution >= 4 is 23.1 Å². The zero-order chi connectivity index (χ0) is 23.1. The van der Waals surface area contributed by atoms with Crippen LogP contribution >= 0.6 is 0 Å². The molecule has 0 aromatic heterocycles. The molecule has 2 amide bonds. The lowest BCUT2D eigenvalue weighted by Gasteiger charge is -2.16. The molecule has 1 N–H and O–H groups in total. The van der Waals surface area contributed by atoms with Crippen LogP contribution in [0.15, 0.2) is 66.4 Å². The molecule has 7 heteroatoms. The normalized spacial score (nSPS) is 14.9. The molecule has 3 aromatic rings. The average molecular weight is 444 g/mol. The molecule has 0 saturated heterocycles. The molecule has 33 heavy (non-hydrogen) atoms. The van der Waals surface area contributed by atoms with E-state index in [1.165, 1.54) is 17.0 Å². The Bertz CT molecular complexity index is 1330. The summed E-state index contributed by atoms with van der Waals surface area (Å²) >= 11 is 0. The molecule has 0 saturated carbocycles. The smallest absolute Gasteiger partial charge is 0.278 e. The van der Waals surface area contributed by atoms with Crippen LogP contribution in [0.3, 0.4) is 0 Å². The number of fused-ring (bicyclic) bond motifs is 1. The second kappa shape index (κ2) is 8.09. The summed E-state index contributed by atoms with van der Waals surface area (Å²) in [7, 11) is 0. The maximum absolute atomic E-state index is 13.8. The second-order valence-electron chi connectivity index (χ2n) is 8.07. The van der Waals surface area contributed by atoms with Gasteiger partial charge in [0.2, 0.25) is 6.79 Å². The maximum Gasteiger partial charge on any atom is 0.278 e. The molecule has 0 bridgehead atoms. The first-order valence-electron chi connectivity index (χ1n) is 10.5. The molecule has 0 radical (unpaired) electrons. The Balaban J connectivity index is 1.53. The van der Waals surface area contributed by atoms with E-state index in [9.17, 15) is 14.0 Å². The number of carbonyl (C=O) groups is 2. The van der Waals surface area contributed by atoms with E-state index in [-0.39, 0.29) is 24.6 Å². The summed E-state index contributed by atoms with van der Waals surface area (Å²) in [5.41, 5.74) is 4.20. The van der Waals surface area contributed by atoms with Gasteiger partial charge in [0.15, 0.2) is 11.5 Å². The number of aryl methyl sites for hydroxylation is 2. The molecule has 2 aliphatic rings. The minimum absolute atomic E-state index is 0.0664. The van der Waals surface area contributed by atoms with Crippen molar-refractivity contribution in [2.75, 3.05) is 12.1 Å². The van der Waals surface area contributed by atoms with Gasteiger partial charge in [-0.15, -0.1) is 0 Å². The number of rotatable bonds is 5. The summed E-state index contributed by atoms with van der Waals surface area (Å²) < 4.78 is 24.5. The van der Waals surface area contributed by atoms with Crippen LogP contribution in [0, 0.1) is 19.7 Å². The molecule has 2 aliphatic heterocycles. The number of hydrogen-bond acceptors (Lipinski definition) is 5. The summed E-state index contributed by atoms with van der Waals surface area (Å²) in [6, 6.07) is 16.7. The van der Waals surface area contributed by atoms with Gasteiger partial charge in [-0.2, -0.15) is 0 Å². The minimum Gasteiger partial charge on any atom is -0.454 e. The molecular weight excluding hydrogens is 423 g/mol. The van der Waals surface area contributed by atoms with E-state index in [0.29, 0.717) is 22.7 Å². The molecule has 6 nitrogen and oxygen atoms in total. The number of imide groups is 1. The Hall–Kier alpha value is -4.13. The van der Waals surface area contributed by atoms with Crippen LogP contribution in [0.5, 0.6) is 11.5 Å². The van der Waals surface area contributed by atoms with Crippen LogP contribution in [0.1, 0.15) is 22.3 Å². The number of ether oxygens (including phenoxy) is 2. The van der Waals surface area contributed by atoms with E-state index in [1.54, 1.807) is 30.3 Å². The monoisotopic (exact) mass is 444 g/mol. The molecule has 0 atom stereocenters. The number of amides is 2. The van der Waals surface area contributed by atoms with E-state index < -0.39 is 17.6 Å². The van der Waals surface area contributed by atoms with Crippen LogP contribution in [0.4, 0.5) is 10.1 Å². The van der Waals surface area contributed by atoms with Crippen molar-refractivity contribution in [1.29, 1.82) is 0 Å². The van der Waals surface area contributed by atoms with Gasteiger partial charge in [-0.05, 0) is 66.4 Å². The Morgan fingerprint density at radius 2 is 1.73 bits per heavy atom. The van der Waals surface area contributed by atoms with Gasteiger partial charge < -0.3 is 14.8 Å². The van der Waals surface area contributed by atoms with E-state index in [2.05, 4.69) is 5.32 Å². The molecule has 3 aromatic carbocycles. The summed E-state index contributed by atoms with van der Waals surface area (Å²) in [6.07, 6.45) is 0.